The molecule has 12 heavy (non-hydrogen) atoms. The second-order valence-corrected chi connectivity index (χ2v) is 2.29. The Morgan fingerprint density at radius 1 is 1.42 bits per heavy atom. The van der Waals surface area contributed by atoms with Crippen LogP contribution in [0.1, 0.15) is 11.4 Å². The number of hydrogen-bond donors (Lipinski definition) is 1. The summed E-state index contributed by atoms with van der Waals surface area (Å²) in [4.78, 5) is 3.03. The minimum atomic E-state index is 0.713. The third kappa shape index (κ3) is 1.42. The largest absolute Gasteiger partial charge is 0.362 e. The lowest BCUT2D eigenvalue weighted by molar-refractivity contribution is 0.306. The van der Waals surface area contributed by atoms with Crippen molar-refractivity contribution in [2.45, 2.75) is 0 Å². The summed E-state index contributed by atoms with van der Waals surface area (Å²) < 4.78 is 4.42. The third-order valence-corrected chi connectivity index (χ3v) is 1.43. The van der Waals surface area contributed by atoms with Gasteiger partial charge in [0.05, 0.1) is 6.20 Å². The maximum Gasteiger partial charge on any atom is 0.127 e. The topological polar surface area (TPSA) is 54.7 Å². The second kappa shape index (κ2) is 3.04. The predicted molar refractivity (Wildman–Crippen MR) is 44.0 cm³/mol. The van der Waals surface area contributed by atoms with Crippen molar-refractivity contribution in [1.82, 2.24) is 15.3 Å². The van der Waals surface area contributed by atoms with Crippen LogP contribution in [0, 0.1) is 0 Å². The van der Waals surface area contributed by atoms with Gasteiger partial charge in [-0.15, -0.1) is 0 Å². The highest BCUT2D eigenvalue weighted by atomic mass is 16.6. The van der Waals surface area contributed by atoms with Crippen LogP contribution < -0.4 is 0 Å². The average Bonchev–Trinajstić information content (AvgIpc) is 2.74. The van der Waals surface area contributed by atoms with Crippen molar-refractivity contribution < 1.29 is 4.63 Å². The molecule has 0 aromatic carbocycles. The molecule has 2 aromatic rings. The van der Waals surface area contributed by atoms with Crippen molar-refractivity contribution >= 4 is 12.2 Å². The molecule has 0 saturated carbocycles. The van der Waals surface area contributed by atoms with E-state index in [1.165, 1.54) is 0 Å². The molecule has 4 nitrogen and oxygen atoms in total. The lowest BCUT2D eigenvalue weighted by atomic mass is 10.3. The summed E-state index contributed by atoms with van der Waals surface area (Å²) in [5.74, 6) is 0. The molecule has 2 rings (SSSR count). The van der Waals surface area contributed by atoms with Crippen molar-refractivity contribution in [3.05, 3.63) is 35.9 Å². The van der Waals surface area contributed by atoms with Crippen LogP contribution in [0.5, 0.6) is 0 Å². The Hall–Kier alpha value is -1.84. The van der Waals surface area contributed by atoms with E-state index in [0.717, 1.165) is 5.69 Å². The van der Waals surface area contributed by atoms with E-state index in [0.29, 0.717) is 5.69 Å². The predicted octanol–water partition coefficient (Wildman–Crippen LogP) is 1.57. The molecule has 0 saturated heterocycles. The van der Waals surface area contributed by atoms with Gasteiger partial charge in [-0.2, -0.15) is 0 Å². The number of aromatic nitrogens is 3. The van der Waals surface area contributed by atoms with E-state index in [-0.39, 0.29) is 0 Å². The first-order valence-corrected chi connectivity index (χ1v) is 3.54. The van der Waals surface area contributed by atoms with Gasteiger partial charge >= 0.3 is 0 Å². The van der Waals surface area contributed by atoms with Crippen molar-refractivity contribution in [3.8, 4) is 0 Å². The average molecular weight is 161 g/mol. The molecule has 0 radical (unpaired) electrons. The number of rotatable bonds is 2. The third-order valence-electron chi connectivity index (χ3n) is 1.43. The molecule has 0 aliphatic rings. The summed E-state index contributed by atoms with van der Waals surface area (Å²) in [6.07, 6.45) is 7.14. The Morgan fingerprint density at radius 2 is 2.42 bits per heavy atom. The molecular weight excluding hydrogens is 154 g/mol. The lowest BCUT2D eigenvalue weighted by Crippen LogP contribution is -1.69. The molecule has 1 N–H and O–H groups in total. The zero-order valence-electron chi connectivity index (χ0n) is 6.27. The Labute approximate surface area is 68.9 Å². The molecule has 0 spiro atoms. The van der Waals surface area contributed by atoms with Gasteiger partial charge < -0.3 is 4.98 Å². The summed E-state index contributed by atoms with van der Waals surface area (Å²) in [5, 5.41) is 7.10. The summed E-state index contributed by atoms with van der Waals surface area (Å²) in [7, 11) is 0. The number of H-pyrrole nitrogens is 1. The molecule has 0 atom stereocenters. The normalized spacial score (nSPS) is 11.0. The van der Waals surface area contributed by atoms with Crippen molar-refractivity contribution in [2.75, 3.05) is 0 Å². The number of nitrogens with one attached hydrogen (secondary N) is 1. The van der Waals surface area contributed by atoms with Crippen LogP contribution >= 0.6 is 0 Å². The molecule has 0 amide bonds. The van der Waals surface area contributed by atoms with E-state index in [2.05, 4.69) is 19.9 Å². The Morgan fingerprint density at radius 3 is 3.08 bits per heavy atom. The van der Waals surface area contributed by atoms with E-state index in [9.17, 15) is 0 Å². The summed E-state index contributed by atoms with van der Waals surface area (Å²) in [6.45, 7) is 0. The quantitative estimate of drug-likeness (QED) is 0.727. The minimum absolute atomic E-state index is 0.713. The number of hydrogen-bond acceptors (Lipinski definition) is 3. The molecule has 2 heterocycles. The van der Waals surface area contributed by atoms with Gasteiger partial charge in [0.2, 0.25) is 0 Å². The van der Waals surface area contributed by atoms with Crippen LogP contribution in [0.3, 0.4) is 0 Å². The monoisotopic (exact) mass is 161 g/mol. The van der Waals surface area contributed by atoms with E-state index in [1.54, 1.807) is 6.20 Å². The van der Waals surface area contributed by atoms with Crippen molar-refractivity contribution in [2.24, 2.45) is 0 Å². The Kier molecular flexibility index (Phi) is 1.74. The van der Waals surface area contributed by atoms with E-state index in [1.807, 2.05) is 30.5 Å². The van der Waals surface area contributed by atoms with Crippen LogP contribution in [-0.4, -0.2) is 15.3 Å². The first-order valence-electron chi connectivity index (χ1n) is 3.54. The van der Waals surface area contributed by atoms with Crippen LogP contribution in [0.2, 0.25) is 0 Å². The summed E-state index contributed by atoms with van der Waals surface area (Å²) in [6, 6.07) is 3.89. The maximum atomic E-state index is 4.42. The number of aromatic amines is 1. The highest BCUT2D eigenvalue weighted by Crippen LogP contribution is 2.02. The van der Waals surface area contributed by atoms with Crippen molar-refractivity contribution in [1.29, 1.82) is 0 Å². The Bertz CT molecular complexity index is 311. The maximum absolute atomic E-state index is 4.42. The van der Waals surface area contributed by atoms with Gasteiger partial charge in [0.25, 0.3) is 0 Å². The zero-order valence-corrected chi connectivity index (χ0v) is 6.27. The van der Waals surface area contributed by atoms with Crippen LogP contribution in [-0.2, 0) is 0 Å². The number of nitrogens with zero attached hydrogens (tertiary/aromatic N) is 2. The molecule has 4 heteroatoms. The molecule has 2 aromatic heterocycles. The van der Waals surface area contributed by atoms with E-state index >= 15 is 0 Å². The van der Waals surface area contributed by atoms with Gasteiger partial charge in [0.15, 0.2) is 0 Å². The second-order valence-electron chi connectivity index (χ2n) is 2.29. The zero-order chi connectivity index (χ0) is 8.23. The fraction of sp³-hybridized carbons (Fsp3) is 0. The molecular formula is C8H7N3O. The van der Waals surface area contributed by atoms with Gasteiger partial charge in [-0.1, -0.05) is 10.3 Å². The fourth-order valence-electron chi connectivity index (χ4n) is 0.868. The van der Waals surface area contributed by atoms with Gasteiger partial charge in [0, 0.05) is 11.9 Å². The standard InChI is InChI=1S/C8H7N3O/c1-2-7(9-5-1)3-4-8-6-10-12-11-8/h1-6,9H. The van der Waals surface area contributed by atoms with Gasteiger partial charge in [-0.3, -0.25) is 0 Å². The smallest absolute Gasteiger partial charge is 0.127 e. The first kappa shape index (κ1) is 6.84. The highest BCUT2D eigenvalue weighted by molar-refractivity contribution is 5.65. The van der Waals surface area contributed by atoms with Crippen molar-refractivity contribution in [3.63, 3.8) is 0 Å². The van der Waals surface area contributed by atoms with Crippen LogP contribution in [0.25, 0.3) is 12.2 Å². The molecule has 0 aliphatic carbocycles. The van der Waals surface area contributed by atoms with E-state index < -0.39 is 0 Å². The fourth-order valence-corrected chi connectivity index (χ4v) is 0.868. The molecule has 0 aliphatic heterocycles. The van der Waals surface area contributed by atoms with Gasteiger partial charge in [-0.05, 0) is 24.3 Å². The molecule has 0 unspecified atom stereocenters. The molecule has 0 bridgehead atoms. The molecule has 60 valence electrons. The van der Waals surface area contributed by atoms with E-state index in [4.69, 9.17) is 0 Å². The first-order chi connectivity index (χ1) is 5.95. The van der Waals surface area contributed by atoms with Crippen LogP contribution in [0.4, 0.5) is 0 Å². The van der Waals surface area contributed by atoms with Crippen LogP contribution in [0.15, 0.2) is 29.2 Å². The van der Waals surface area contributed by atoms with Gasteiger partial charge in [-0.25, -0.2) is 4.63 Å². The summed E-state index contributed by atoms with van der Waals surface area (Å²) >= 11 is 0. The lowest BCUT2D eigenvalue weighted by Gasteiger charge is -1.81. The minimum Gasteiger partial charge on any atom is -0.362 e. The van der Waals surface area contributed by atoms with Gasteiger partial charge in [0.1, 0.15) is 5.69 Å². The summed E-state index contributed by atoms with van der Waals surface area (Å²) in [5.41, 5.74) is 1.74. The molecule has 0 fully saturated rings. The SMILES string of the molecule is C(=Cc1ccc[nH]1)c1cnon1. The Balaban J connectivity index is 2.14. The highest BCUT2D eigenvalue weighted by Gasteiger charge is 1.90.